The number of nitrogens with zero attached hydrogens (tertiary/aromatic N) is 2. The summed E-state index contributed by atoms with van der Waals surface area (Å²) in [6.45, 7) is 2.23. The maximum atomic E-state index is 12.6. The third kappa shape index (κ3) is 4.01. The van der Waals surface area contributed by atoms with Gasteiger partial charge in [-0.1, -0.05) is 0 Å². The monoisotopic (exact) mass is 365 g/mol. The first-order valence-electron chi connectivity index (χ1n) is 8.32. The molecule has 2 heterocycles. The van der Waals surface area contributed by atoms with Crippen LogP contribution in [0.15, 0.2) is 18.2 Å². The molecule has 3 rings (SSSR count). The lowest BCUT2D eigenvalue weighted by Crippen LogP contribution is -2.54. The molecule has 2 aliphatic rings. The Bertz CT molecular complexity index is 647. The second-order valence-electron chi connectivity index (χ2n) is 6.07. The normalized spacial score (nSPS) is 17.5. The van der Waals surface area contributed by atoms with Crippen molar-refractivity contribution < 1.29 is 19.1 Å². The molecular weight excluding hydrogens is 342 g/mol. The van der Waals surface area contributed by atoms with Gasteiger partial charge in [0.05, 0.1) is 6.04 Å². The van der Waals surface area contributed by atoms with Crippen molar-refractivity contribution in [1.82, 2.24) is 9.80 Å². The molecule has 1 fully saturated rings. The predicted molar refractivity (Wildman–Crippen MR) is 96.0 cm³/mol. The average Bonchev–Trinajstić information content (AvgIpc) is 3.12. The maximum absolute atomic E-state index is 12.6. The number of hydrogen-bond donors (Lipinski definition) is 1. The molecule has 7 nitrogen and oxygen atoms in total. The van der Waals surface area contributed by atoms with Crippen molar-refractivity contribution in [3.8, 4) is 11.5 Å². The zero-order chi connectivity index (χ0) is 17.8. The van der Waals surface area contributed by atoms with Gasteiger partial charge in [-0.15, -0.1) is 0 Å². The zero-order valence-electron chi connectivity index (χ0n) is 14.3. The van der Waals surface area contributed by atoms with Crippen LogP contribution in [0.4, 0.5) is 0 Å². The summed E-state index contributed by atoms with van der Waals surface area (Å²) >= 11 is 1.68. The van der Waals surface area contributed by atoms with Crippen LogP contribution in [0, 0.1) is 0 Å². The van der Waals surface area contributed by atoms with E-state index in [1.807, 2.05) is 6.26 Å². The van der Waals surface area contributed by atoms with Crippen molar-refractivity contribution in [2.24, 2.45) is 5.73 Å². The Morgan fingerprint density at radius 2 is 1.84 bits per heavy atom. The predicted octanol–water partition coefficient (Wildman–Crippen LogP) is 0.780. The number of fused-ring (bicyclic) bond motifs is 1. The van der Waals surface area contributed by atoms with Crippen molar-refractivity contribution in [1.29, 1.82) is 0 Å². The molecule has 25 heavy (non-hydrogen) atoms. The van der Waals surface area contributed by atoms with Crippen molar-refractivity contribution in [2.45, 2.75) is 12.5 Å². The van der Waals surface area contributed by atoms with Gasteiger partial charge in [-0.3, -0.25) is 9.59 Å². The van der Waals surface area contributed by atoms with Crippen LogP contribution in [0.5, 0.6) is 11.5 Å². The van der Waals surface area contributed by atoms with Gasteiger partial charge in [-0.05, 0) is 36.6 Å². The summed E-state index contributed by atoms with van der Waals surface area (Å²) in [5.41, 5.74) is 6.53. The van der Waals surface area contributed by atoms with E-state index in [-0.39, 0.29) is 18.6 Å². The number of piperazine rings is 1. The number of amides is 2. The number of thioether (sulfide) groups is 1. The molecule has 1 saturated heterocycles. The lowest BCUT2D eigenvalue weighted by Gasteiger charge is -2.36. The summed E-state index contributed by atoms with van der Waals surface area (Å²) in [4.78, 5) is 28.5. The van der Waals surface area contributed by atoms with Crippen LogP contribution in [0.3, 0.4) is 0 Å². The fraction of sp³-hybridized carbons (Fsp3) is 0.529. The van der Waals surface area contributed by atoms with E-state index in [0.717, 1.165) is 5.75 Å². The van der Waals surface area contributed by atoms with E-state index in [2.05, 4.69) is 0 Å². The van der Waals surface area contributed by atoms with Crippen LogP contribution in [0.2, 0.25) is 0 Å². The lowest BCUT2D eigenvalue weighted by atomic mass is 10.1. The molecule has 136 valence electrons. The Balaban J connectivity index is 1.55. The van der Waals surface area contributed by atoms with Gasteiger partial charge in [-0.25, -0.2) is 0 Å². The van der Waals surface area contributed by atoms with Gasteiger partial charge < -0.3 is 25.0 Å². The standard InChI is InChI=1S/C17H23N3O4S/c1-25-9-4-13(18)17(22)20-7-5-19(6-8-20)16(21)12-2-3-14-15(10-12)24-11-23-14/h2-3,10,13H,4-9,11,18H2,1H3/t13-/m0/s1. The summed E-state index contributed by atoms with van der Waals surface area (Å²) in [6.07, 6.45) is 2.67. The fourth-order valence-electron chi connectivity index (χ4n) is 2.94. The highest BCUT2D eigenvalue weighted by atomic mass is 32.2. The van der Waals surface area contributed by atoms with Crippen LogP contribution >= 0.6 is 11.8 Å². The van der Waals surface area contributed by atoms with Gasteiger partial charge in [-0.2, -0.15) is 11.8 Å². The molecule has 1 atom stereocenters. The Labute approximate surface area is 151 Å². The highest BCUT2D eigenvalue weighted by Crippen LogP contribution is 2.32. The summed E-state index contributed by atoms with van der Waals surface area (Å²) in [7, 11) is 0. The van der Waals surface area contributed by atoms with Gasteiger partial charge >= 0.3 is 0 Å². The second-order valence-corrected chi connectivity index (χ2v) is 7.06. The number of rotatable bonds is 5. The van der Waals surface area contributed by atoms with Crippen LogP contribution in [0.1, 0.15) is 16.8 Å². The molecule has 8 heteroatoms. The highest BCUT2D eigenvalue weighted by molar-refractivity contribution is 7.98. The molecule has 0 aliphatic carbocycles. The van der Waals surface area contributed by atoms with E-state index in [9.17, 15) is 9.59 Å². The van der Waals surface area contributed by atoms with Gasteiger partial charge in [0.1, 0.15) is 0 Å². The first-order chi connectivity index (χ1) is 12.1. The number of carbonyl (C=O) groups is 2. The molecule has 2 amide bonds. The molecule has 1 aromatic rings. The molecule has 0 bridgehead atoms. The highest BCUT2D eigenvalue weighted by Gasteiger charge is 2.28. The number of nitrogens with two attached hydrogens (primary N) is 1. The number of benzene rings is 1. The minimum Gasteiger partial charge on any atom is -0.454 e. The quantitative estimate of drug-likeness (QED) is 0.830. The minimum atomic E-state index is -0.455. The number of hydrogen-bond acceptors (Lipinski definition) is 6. The smallest absolute Gasteiger partial charge is 0.254 e. The summed E-state index contributed by atoms with van der Waals surface area (Å²) in [5, 5.41) is 0. The van der Waals surface area contributed by atoms with Crippen molar-refractivity contribution >= 4 is 23.6 Å². The molecule has 2 N–H and O–H groups in total. The molecule has 0 unspecified atom stereocenters. The van der Waals surface area contributed by atoms with Crippen molar-refractivity contribution in [2.75, 3.05) is 45.0 Å². The summed E-state index contributed by atoms with van der Waals surface area (Å²) in [6, 6.07) is 4.75. The van der Waals surface area contributed by atoms with Crippen molar-refractivity contribution in [3.05, 3.63) is 23.8 Å². The van der Waals surface area contributed by atoms with Gasteiger partial charge in [0.15, 0.2) is 11.5 Å². The minimum absolute atomic E-state index is 0.0239. The van der Waals surface area contributed by atoms with Gasteiger partial charge in [0, 0.05) is 31.7 Å². The molecule has 0 saturated carbocycles. The Morgan fingerprint density at radius 1 is 1.16 bits per heavy atom. The van der Waals surface area contributed by atoms with Crippen LogP contribution < -0.4 is 15.2 Å². The first kappa shape index (κ1) is 17.9. The topological polar surface area (TPSA) is 85.1 Å². The van der Waals surface area contributed by atoms with E-state index >= 15 is 0 Å². The SMILES string of the molecule is CSCC[C@H](N)C(=O)N1CCN(C(=O)c2ccc3c(c2)OCO3)CC1. The Hall–Kier alpha value is -1.93. The van der Waals surface area contributed by atoms with E-state index in [4.69, 9.17) is 15.2 Å². The van der Waals surface area contributed by atoms with Crippen molar-refractivity contribution in [3.63, 3.8) is 0 Å². The molecule has 0 radical (unpaired) electrons. The Kier molecular flexibility index (Phi) is 5.70. The van der Waals surface area contributed by atoms with E-state index < -0.39 is 6.04 Å². The molecule has 2 aliphatic heterocycles. The number of ether oxygens (including phenoxy) is 2. The van der Waals surface area contributed by atoms with Gasteiger partial charge in [0.2, 0.25) is 12.7 Å². The van der Waals surface area contributed by atoms with E-state index in [0.29, 0.717) is 49.7 Å². The third-order valence-electron chi connectivity index (χ3n) is 4.45. The lowest BCUT2D eigenvalue weighted by molar-refractivity contribution is -0.134. The second kappa shape index (κ2) is 7.97. The van der Waals surface area contributed by atoms with Crippen LogP contribution in [-0.4, -0.2) is 72.6 Å². The average molecular weight is 365 g/mol. The maximum Gasteiger partial charge on any atom is 0.254 e. The summed E-state index contributed by atoms with van der Waals surface area (Å²) in [5.74, 6) is 2.04. The van der Waals surface area contributed by atoms with Crippen LogP contribution in [0.25, 0.3) is 0 Å². The van der Waals surface area contributed by atoms with E-state index in [1.54, 1.807) is 39.8 Å². The summed E-state index contributed by atoms with van der Waals surface area (Å²) < 4.78 is 10.6. The van der Waals surface area contributed by atoms with Gasteiger partial charge in [0.25, 0.3) is 5.91 Å². The molecular formula is C17H23N3O4S. The number of carbonyl (C=O) groups excluding carboxylic acids is 2. The Morgan fingerprint density at radius 3 is 2.56 bits per heavy atom. The molecule has 1 aromatic carbocycles. The van der Waals surface area contributed by atoms with E-state index in [1.165, 1.54) is 0 Å². The van der Waals surface area contributed by atoms with Crippen LogP contribution in [-0.2, 0) is 4.79 Å². The largest absolute Gasteiger partial charge is 0.454 e. The molecule has 0 aromatic heterocycles. The molecule has 0 spiro atoms. The fourth-order valence-corrected chi connectivity index (χ4v) is 3.43. The third-order valence-corrected chi connectivity index (χ3v) is 5.09. The first-order valence-corrected chi connectivity index (χ1v) is 9.72. The zero-order valence-corrected chi connectivity index (χ0v) is 15.1.